The van der Waals surface area contributed by atoms with Gasteiger partial charge in [-0.3, -0.25) is 9.59 Å². The van der Waals surface area contributed by atoms with Gasteiger partial charge in [-0.15, -0.1) is 0 Å². The van der Waals surface area contributed by atoms with Gasteiger partial charge in [-0.05, 0) is 60.9 Å². The van der Waals surface area contributed by atoms with E-state index in [2.05, 4.69) is 30.4 Å². The first-order valence-electron chi connectivity index (χ1n) is 12.3. The van der Waals surface area contributed by atoms with Gasteiger partial charge in [-0.2, -0.15) is 0 Å². The third-order valence-electron chi connectivity index (χ3n) is 6.37. The first-order valence-corrected chi connectivity index (χ1v) is 13.1. The number of carbonyl (C=O) groups is 2. The number of fused-ring (bicyclic) bond motifs is 1. The van der Waals surface area contributed by atoms with Crippen molar-refractivity contribution in [2.75, 3.05) is 4.90 Å². The average Bonchev–Trinajstić information content (AvgIpc) is 2.92. The number of thioether (sulfide) groups is 1. The molecule has 0 spiro atoms. The van der Waals surface area contributed by atoms with Crippen LogP contribution in [0.5, 0.6) is 0 Å². The highest BCUT2D eigenvalue weighted by molar-refractivity contribution is 8.04. The van der Waals surface area contributed by atoms with Crippen molar-refractivity contribution in [3.05, 3.63) is 136 Å². The predicted octanol–water partition coefficient (Wildman–Crippen LogP) is 7.17. The zero-order valence-electron chi connectivity index (χ0n) is 20.8. The first kappa shape index (κ1) is 24.6. The van der Waals surface area contributed by atoms with Gasteiger partial charge in [0, 0.05) is 10.5 Å². The fourth-order valence-electron chi connectivity index (χ4n) is 4.40. The molecule has 0 saturated carbocycles. The summed E-state index contributed by atoms with van der Waals surface area (Å²) < 4.78 is 0. The van der Waals surface area contributed by atoms with Crippen molar-refractivity contribution >= 4 is 35.3 Å². The summed E-state index contributed by atoms with van der Waals surface area (Å²) in [7, 11) is 0. The van der Waals surface area contributed by atoms with Crippen molar-refractivity contribution in [1.82, 2.24) is 5.32 Å². The van der Waals surface area contributed by atoms with Crippen LogP contribution in [0.2, 0.25) is 0 Å². The Bertz CT molecular complexity index is 1460. The minimum absolute atomic E-state index is 0.0243. The second kappa shape index (κ2) is 10.9. The van der Waals surface area contributed by atoms with Gasteiger partial charge in [0.1, 0.15) is 0 Å². The molecule has 0 bridgehead atoms. The van der Waals surface area contributed by atoms with E-state index in [9.17, 15) is 9.59 Å². The number of anilines is 1. The Hall–Kier alpha value is -4.09. The molecule has 2 amide bonds. The summed E-state index contributed by atoms with van der Waals surface area (Å²) in [4.78, 5) is 29.9. The molecule has 4 nitrogen and oxygen atoms in total. The summed E-state index contributed by atoms with van der Waals surface area (Å²) in [5.74, 6) is -0.152. The summed E-state index contributed by atoms with van der Waals surface area (Å²) in [5, 5.41) is 3.04. The van der Waals surface area contributed by atoms with Gasteiger partial charge in [0.15, 0.2) is 0 Å². The lowest BCUT2D eigenvalue weighted by Gasteiger charge is -2.30. The minimum Gasteiger partial charge on any atom is -0.346 e. The van der Waals surface area contributed by atoms with E-state index in [4.69, 9.17) is 0 Å². The van der Waals surface area contributed by atoms with Crippen molar-refractivity contribution < 1.29 is 9.59 Å². The Kier molecular flexibility index (Phi) is 7.24. The van der Waals surface area contributed by atoms with Crippen molar-refractivity contribution in [3.8, 4) is 0 Å². The van der Waals surface area contributed by atoms with E-state index >= 15 is 0 Å². The van der Waals surface area contributed by atoms with Crippen LogP contribution in [0.1, 0.15) is 45.6 Å². The SMILES string of the molecule is Cc1cccc(CN2C(=O)/C(=C\c3ccc(C(=O)N[C@@H](C)c4ccccc4)cc3)Sc3ccccc32)c1. The molecule has 5 rings (SSSR count). The highest BCUT2D eigenvalue weighted by Gasteiger charge is 2.29. The molecule has 37 heavy (non-hydrogen) atoms. The Morgan fingerprint density at radius 3 is 2.41 bits per heavy atom. The average molecular weight is 505 g/mol. The van der Waals surface area contributed by atoms with Crippen LogP contribution in [0.15, 0.2) is 113 Å². The summed E-state index contributed by atoms with van der Waals surface area (Å²) in [6.07, 6.45) is 1.90. The standard InChI is InChI=1S/C32H28N2O2S/c1-22-9-8-10-25(19-22)21-34-28-13-6-7-14-29(28)37-30(32(34)36)20-24-15-17-27(18-16-24)31(35)33-23(2)26-11-4-3-5-12-26/h3-20,23H,21H2,1-2H3,(H,33,35)/b30-20+/t23-/m0/s1. The molecule has 0 unspecified atom stereocenters. The Balaban J connectivity index is 1.35. The molecule has 4 aromatic rings. The van der Waals surface area contributed by atoms with E-state index in [1.807, 2.05) is 90.7 Å². The van der Waals surface area contributed by atoms with E-state index < -0.39 is 0 Å². The van der Waals surface area contributed by atoms with Gasteiger partial charge in [0.2, 0.25) is 0 Å². The molecule has 1 N–H and O–H groups in total. The summed E-state index contributed by atoms with van der Waals surface area (Å²) in [6, 6.07) is 33.4. The van der Waals surface area contributed by atoms with Crippen LogP contribution in [0.3, 0.4) is 0 Å². The molecule has 4 aromatic carbocycles. The molecule has 0 aliphatic carbocycles. The number of aryl methyl sites for hydroxylation is 1. The predicted molar refractivity (Wildman–Crippen MR) is 151 cm³/mol. The van der Waals surface area contributed by atoms with Crippen LogP contribution in [0, 0.1) is 6.92 Å². The number of amides is 2. The molecule has 0 aromatic heterocycles. The second-order valence-electron chi connectivity index (χ2n) is 9.19. The van der Waals surface area contributed by atoms with E-state index in [-0.39, 0.29) is 17.9 Å². The summed E-state index contributed by atoms with van der Waals surface area (Å²) in [6.45, 7) is 4.54. The fourth-order valence-corrected chi connectivity index (χ4v) is 5.46. The lowest BCUT2D eigenvalue weighted by molar-refractivity contribution is -0.114. The monoisotopic (exact) mass is 504 g/mol. The second-order valence-corrected chi connectivity index (χ2v) is 10.3. The van der Waals surface area contributed by atoms with E-state index in [0.29, 0.717) is 17.0 Å². The summed E-state index contributed by atoms with van der Waals surface area (Å²) in [5.41, 5.74) is 5.70. The number of para-hydroxylation sites is 1. The molecular formula is C32H28N2O2S. The smallest absolute Gasteiger partial charge is 0.265 e. The maximum Gasteiger partial charge on any atom is 0.265 e. The molecule has 0 fully saturated rings. The lowest BCUT2D eigenvalue weighted by Crippen LogP contribution is -2.33. The van der Waals surface area contributed by atoms with E-state index in [1.165, 1.54) is 17.3 Å². The molecule has 184 valence electrons. The van der Waals surface area contributed by atoms with Crippen LogP contribution < -0.4 is 10.2 Å². The highest BCUT2D eigenvalue weighted by Crippen LogP contribution is 2.42. The highest BCUT2D eigenvalue weighted by atomic mass is 32.2. The minimum atomic E-state index is -0.128. The zero-order chi connectivity index (χ0) is 25.8. The molecule has 1 aliphatic heterocycles. The van der Waals surface area contributed by atoms with Gasteiger partial charge in [0.25, 0.3) is 11.8 Å². The quantitative estimate of drug-likeness (QED) is 0.283. The van der Waals surface area contributed by atoms with Gasteiger partial charge in [0.05, 0.1) is 23.2 Å². The van der Waals surface area contributed by atoms with Crippen LogP contribution in [-0.2, 0) is 11.3 Å². The lowest BCUT2D eigenvalue weighted by atomic mass is 10.1. The molecule has 0 saturated heterocycles. The Morgan fingerprint density at radius 1 is 0.919 bits per heavy atom. The topological polar surface area (TPSA) is 49.4 Å². The van der Waals surface area contributed by atoms with E-state index in [0.717, 1.165) is 27.3 Å². The summed E-state index contributed by atoms with van der Waals surface area (Å²) >= 11 is 1.48. The van der Waals surface area contributed by atoms with Gasteiger partial charge in [-0.1, -0.05) is 96.2 Å². The van der Waals surface area contributed by atoms with Crippen LogP contribution in [0.25, 0.3) is 6.08 Å². The maximum absolute atomic E-state index is 13.6. The fraction of sp³-hybridized carbons (Fsp3) is 0.125. The van der Waals surface area contributed by atoms with E-state index in [1.54, 1.807) is 12.1 Å². The molecular weight excluding hydrogens is 476 g/mol. The number of hydrogen-bond donors (Lipinski definition) is 1. The van der Waals surface area contributed by atoms with Gasteiger partial charge in [-0.25, -0.2) is 0 Å². The van der Waals surface area contributed by atoms with Crippen molar-refractivity contribution in [2.45, 2.75) is 31.3 Å². The van der Waals surface area contributed by atoms with Crippen molar-refractivity contribution in [2.24, 2.45) is 0 Å². The number of hydrogen-bond acceptors (Lipinski definition) is 3. The van der Waals surface area contributed by atoms with Crippen molar-refractivity contribution in [1.29, 1.82) is 0 Å². The first-order chi connectivity index (χ1) is 18.0. The van der Waals surface area contributed by atoms with Crippen molar-refractivity contribution in [3.63, 3.8) is 0 Å². The molecule has 1 aliphatic rings. The third kappa shape index (κ3) is 5.68. The maximum atomic E-state index is 13.6. The normalized spacial score (nSPS) is 14.8. The van der Waals surface area contributed by atoms with Crippen LogP contribution >= 0.6 is 11.8 Å². The Morgan fingerprint density at radius 2 is 1.65 bits per heavy atom. The van der Waals surface area contributed by atoms with Crippen LogP contribution in [0.4, 0.5) is 5.69 Å². The number of nitrogens with one attached hydrogen (secondary N) is 1. The zero-order valence-corrected chi connectivity index (χ0v) is 21.7. The third-order valence-corrected chi connectivity index (χ3v) is 7.45. The van der Waals surface area contributed by atoms with Gasteiger partial charge >= 0.3 is 0 Å². The molecule has 1 atom stereocenters. The molecule has 0 radical (unpaired) electrons. The number of rotatable bonds is 6. The number of carbonyl (C=O) groups excluding carboxylic acids is 2. The molecule has 5 heteroatoms. The van der Waals surface area contributed by atoms with Crippen LogP contribution in [-0.4, -0.2) is 11.8 Å². The Labute approximate surface area is 222 Å². The largest absolute Gasteiger partial charge is 0.346 e. The number of nitrogens with zero attached hydrogens (tertiary/aromatic N) is 1. The van der Waals surface area contributed by atoms with Gasteiger partial charge < -0.3 is 10.2 Å². The number of benzene rings is 4. The molecule has 1 heterocycles.